The summed E-state index contributed by atoms with van der Waals surface area (Å²) in [6, 6.07) is 4.35. The molecule has 112 valence electrons. The fraction of sp³-hybridized carbons (Fsp3) is 0.357. The van der Waals surface area contributed by atoms with Gasteiger partial charge >= 0.3 is 6.18 Å². The van der Waals surface area contributed by atoms with Gasteiger partial charge in [0.2, 0.25) is 0 Å². The summed E-state index contributed by atoms with van der Waals surface area (Å²) < 4.78 is 39.9. The van der Waals surface area contributed by atoms with Crippen molar-refractivity contribution in [3.8, 4) is 10.6 Å². The van der Waals surface area contributed by atoms with E-state index in [9.17, 15) is 13.2 Å². The lowest BCUT2D eigenvalue weighted by molar-refractivity contribution is -0.137. The van der Waals surface area contributed by atoms with Gasteiger partial charge in [-0.1, -0.05) is 22.0 Å². The Balaban J connectivity index is 2.00. The summed E-state index contributed by atoms with van der Waals surface area (Å²) >= 11 is 4.35. The average molecular weight is 377 g/mol. The minimum Gasteiger partial charge on any atom is -0.309 e. The van der Waals surface area contributed by atoms with Crippen molar-refractivity contribution < 1.29 is 13.2 Å². The zero-order valence-corrected chi connectivity index (χ0v) is 13.3. The van der Waals surface area contributed by atoms with Gasteiger partial charge in [-0.15, -0.1) is 11.3 Å². The first-order chi connectivity index (χ1) is 9.95. The summed E-state index contributed by atoms with van der Waals surface area (Å²) in [7, 11) is 0. The van der Waals surface area contributed by atoms with Crippen molar-refractivity contribution in [1.82, 2.24) is 10.3 Å². The fourth-order valence-corrected chi connectivity index (χ4v) is 3.72. The quantitative estimate of drug-likeness (QED) is 0.796. The zero-order chi connectivity index (χ0) is 15.0. The van der Waals surface area contributed by atoms with Crippen LogP contribution in [-0.2, 0) is 6.18 Å². The van der Waals surface area contributed by atoms with E-state index in [2.05, 4.69) is 26.2 Å². The van der Waals surface area contributed by atoms with E-state index in [4.69, 9.17) is 0 Å². The first-order valence-corrected chi connectivity index (χ1v) is 8.18. The molecule has 0 saturated carbocycles. The minimum atomic E-state index is -4.39. The molecule has 1 saturated heterocycles. The van der Waals surface area contributed by atoms with Crippen LogP contribution < -0.4 is 5.32 Å². The first kappa shape index (κ1) is 15.0. The third-order valence-corrected chi connectivity index (χ3v) is 4.84. The van der Waals surface area contributed by atoms with Crippen molar-refractivity contribution in [3.63, 3.8) is 0 Å². The highest BCUT2D eigenvalue weighted by Gasteiger charge is 2.34. The molecule has 1 fully saturated rings. The molecule has 2 aromatic rings. The number of hydrogen-bond donors (Lipinski definition) is 1. The molecule has 0 spiro atoms. The molecule has 1 aliphatic heterocycles. The lowest BCUT2D eigenvalue weighted by Gasteiger charge is -2.11. The van der Waals surface area contributed by atoms with Crippen LogP contribution >= 0.6 is 27.3 Å². The molecule has 21 heavy (non-hydrogen) atoms. The molecule has 0 radical (unpaired) electrons. The first-order valence-electron chi connectivity index (χ1n) is 6.51. The fourth-order valence-electron chi connectivity index (χ4n) is 2.44. The molecule has 1 aliphatic rings. The largest absolute Gasteiger partial charge is 0.417 e. The monoisotopic (exact) mass is 376 g/mol. The number of hydrogen-bond acceptors (Lipinski definition) is 3. The van der Waals surface area contributed by atoms with E-state index in [1.165, 1.54) is 17.4 Å². The van der Waals surface area contributed by atoms with Crippen molar-refractivity contribution in [3.05, 3.63) is 39.3 Å². The van der Waals surface area contributed by atoms with Gasteiger partial charge in [0.1, 0.15) is 5.01 Å². The highest BCUT2D eigenvalue weighted by molar-refractivity contribution is 9.10. The number of rotatable bonds is 2. The number of nitrogens with one attached hydrogen (secondary N) is 1. The molecule has 0 amide bonds. The average Bonchev–Trinajstić information content (AvgIpc) is 3.08. The van der Waals surface area contributed by atoms with Gasteiger partial charge in [0, 0.05) is 15.4 Å². The summed E-state index contributed by atoms with van der Waals surface area (Å²) in [6.07, 6.45) is -2.34. The van der Waals surface area contributed by atoms with Crippen molar-refractivity contribution in [2.45, 2.75) is 25.1 Å². The Labute approximate surface area is 132 Å². The lowest BCUT2D eigenvalue weighted by atomic mass is 10.1. The van der Waals surface area contributed by atoms with Crippen LogP contribution in [0.15, 0.2) is 28.1 Å². The van der Waals surface area contributed by atoms with Crippen molar-refractivity contribution in [1.29, 1.82) is 0 Å². The van der Waals surface area contributed by atoms with Gasteiger partial charge in [-0.3, -0.25) is 0 Å². The van der Waals surface area contributed by atoms with E-state index in [1.54, 1.807) is 6.07 Å². The van der Waals surface area contributed by atoms with E-state index in [-0.39, 0.29) is 11.6 Å². The summed E-state index contributed by atoms with van der Waals surface area (Å²) in [5, 5.41) is 5.57. The second-order valence-electron chi connectivity index (χ2n) is 4.91. The number of nitrogens with zero attached hydrogens (tertiary/aromatic N) is 1. The van der Waals surface area contributed by atoms with Crippen LogP contribution in [0.3, 0.4) is 0 Å². The van der Waals surface area contributed by atoms with Gasteiger partial charge < -0.3 is 5.32 Å². The van der Waals surface area contributed by atoms with Gasteiger partial charge in [0.25, 0.3) is 0 Å². The second kappa shape index (κ2) is 5.70. The summed E-state index contributed by atoms with van der Waals surface area (Å²) in [4.78, 5) is 4.41. The molecule has 1 unspecified atom stereocenters. The molecule has 1 N–H and O–H groups in total. The molecule has 1 atom stereocenters. The number of thiazole rings is 1. The Morgan fingerprint density at radius 1 is 1.33 bits per heavy atom. The maximum absolute atomic E-state index is 13.2. The van der Waals surface area contributed by atoms with Crippen LogP contribution in [0.2, 0.25) is 0 Å². The summed E-state index contributed by atoms with van der Waals surface area (Å²) in [5.74, 6) is 0. The molecule has 1 aromatic heterocycles. The van der Waals surface area contributed by atoms with Crippen LogP contribution in [0.5, 0.6) is 0 Å². The standard InChI is InChI=1S/C14H12BrF3N2S/c15-8-3-4-9(10(6-8)14(16,17)18)13-20-12(7-21-13)11-2-1-5-19-11/h3-4,6-7,11,19H,1-2,5H2. The Kier molecular flexibility index (Phi) is 4.07. The second-order valence-corrected chi connectivity index (χ2v) is 6.69. The zero-order valence-electron chi connectivity index (χ0n) is 10.9. The molecule has 2 heterocycles. The van der Waals surface area contributed by atoms with Crippen LogP contribution in [0.1, 0.15) is 30.1 Å². The minimum absolute atomic E-state index is 0.139. The molecular formula is C14H12BrF3N2S. The van der Waals surface area contributed by atoms with Crippen molar-refractivity contribution in [2.24, 2.45) is 0 Å². The Morgan fingerprint density at radius 3 is 2.81 bits per heavy atom. The molecule has 0 aliphatic carbocycles. The maximum Gasteiger partial charge on any atom is 0.417 e. The predicted molar refractivity (Wildman–Crippen MR) is 80.2 cm³/mol. The predicted octanol–water partition coefficient (Wildman–Crippen LogP) is 5.02. The van der Waals surface area contributed by atoms with Crippen molar-refractivity contribution >= 4 is 27.3 Å². The van der Waals surface area contributed by atoms with E-state index in [0.29, 0.717) is 9.48 Å². The molecule has 0 bridgehead atoms. The van der Waals surface area contributed by atoms with E-state index in [1.807, 2.05) is 5.38 Å². The van der Waals surface area contributed by atoms with Gasteiger partial charge in [0.05, 0.1) is 17.3 Å². The van der Waals surface area contributed by atoms with Crippen LogP contribution in [0.4, 0.5) is 13.2 Å². The van der Waals surface area contributed by atoms with Gasteiger partial charge in [-0.25, -0.2) is 4.98 Å². The number of alkyl halides is 3. The van der Waals surface area contributed by atoms with Gasteiger partial charge in [-0.05, 0) is 31.5 Å². The highest BCUT2D eigenvalue weighted by atomic mass is 79.9. The van der Waals surface area contributed by atoms with E-state index < -0.39 is 11.7 Å². The van der Waals surface area contributed by atoms with Crippen LogP contribution in [0.25, 0.3) is 10.6 Å². The molecule has 1 aromatic carbocycles. The molecule has 2 nitrogen and oxygen atoms in total. The Bertz CT molecular complexity index is 648. The molecule has 3 rings (SSSR count). The Morgan fingerprint density at radius 2 is 2.14 bits per heavy atom. The topological polar surface area (TPSA) is 24.9 Å². The number of benzene rings is 1. The van der Waals surface area contributed by atoms with Crippen LogP contribution in [-0.4, -0.2) is 11.5 Å². The van der Waals surface area contributed by atoms with Gasteiger partial charge in [-0.2, -0.15) is 13.2 Å². The van der Waals surface area contributed by atoms with E-state index in [0.717, 1.165) is 31.1 Å². The lowest BCUT2D eigenvalue weighted by Crippen LogP contribution is -2.13. The summed E-state index contributed by atoms with van der Waals surface area (Å²) in [5.41, 5.74) is 0.320. The number of halogens is 4. The third kappa shape index (κ3) is 3.14. The highest BCUT2D eigenvalue weighted by Crippen LogP contribution is 2.40. The molecular weight excluding hydrogens is 365 g/mol. The Hall–Kier alpha value is -0.920. The third-order valence-electron chi connectivity index (χ3n) is 3.46. The molecule has 7 heteroatoms. The van der Waals surface area contributed by atoms with E-state index >= 15 is 0 Å². The SMILES string of the molecule is FC(F)(F)c1cc(Br)ccc1-c1nc(C2CCCN2)cs1. The number of aromatic nitrogens is 1. The van der Waals surface area contributed by atoms with Gasteiger partial charge in [0.15, 0.2) is 0 Å². The van der Waals surface area contributed by atoms with Crippen molar-refractivity contribution in [2.75, 3.05) is 6.54 Å². The summed E-state index contributed by atoms with van der Waals surface area (Å²) in [6.45, 7) is 0.934. The maximum atomic E-state index is 13.2. The smallest absolute Gasteiger partial charge is 0.309 e. The van der Waals surface area contributed by atoms with Crippen LogP contribution in [0, 0.1) is 0 Å². The normalized spacial score (nSPS) is 19.1.